The average Bonchev–Trinajstić information content (AvgIpc) is 3.26. The van der Waals surface area contributed by atoms with E-state index in [1.165, 1.54) is 121 Å². The molecule has 0 atom stereocenters. The van der Waals surface area contributed by atoms with Crippen LogP contribution in [0.2, 0.25) is 0 Å². The second-order valence-electron chi connectivity index (χ2n) is 9.63. The first-order chi connectivity index (χ1) is 12.2. The molecule has 2 rings (SSSR count). The van der Waals surface area contributed by atoms with Crippen molar-refractivity contribution in [2.24, 2.45) is 5.41 Å². The first-order valence-corrected chi connectivity index (χ1v) is 12.1. The Balaban J connectivity index is 1.65. The van der Waals surface area contributed by atoms with Gasteiger partial charge in [0.2, 0.25) is 0 Å². The Bertz CT molecular complexity index is 291. The van der Waals surface area contributed by atoms with Crippen molar-refractivity contribution in [1.29, 1.82) is 0 Å². The predicted octanol–water partition coefficient (Wildman–Crippen LogP) is 7.49. The third-order valence-corrected chi connectivity index (χ3v) is 7.57. The van der Waals surface area contributed by atoms with Gasteiger partial charge in [-0.25, -0.2) is 0 Å². The van der Waals surface area contributed by atoms with Crippen molar-refractivity contribution in [3.05, 3.63) is 0 Å². The van der Waals surface area contributed by atoms with E-state index in [2.05, 4.69) is 13.8 Å². The van der Waals surface area contributed by atoms with E-state index in [0.717, 1.165) is 5.41 Å². The Morgan fingerprint density at radius 2 is 1.12 bits per heavy atom. The monoisotopic (exact) mass is 350 g/mol. The summed E-state index contributed by atoms with van der Waals surface area (Å²) >= 11 is 0. The van der Waals surface area contributed by atoms with Crippen LogP contribution in [0.5, 0.6) is 0 Å². The standard InChI is InChI=1S/C24H48N/c1-3-5-8-16-24(18-10-11-19-24)17-9-7-13-21-25(20-12-6-4-2)22-14-15-23-25/h3-23H2,1-2H3/q+1. The molecule has 25 heavy (non-hydrogen) atoms. The van der Waals surface area contributed by atoms with E-state index in [1.54, 1.807) is 19.3 Å². The molecule has 1 heterocycles. The van der Waals surface area contributed by atoms with Gasteiger partial charge in [0.25, 0.3) is 0 Å². The van der Waals surface area contributed by atoms with Crippen LogP contribution in [-0.2, 0) is 0 Å². The molecule has 2 aliphatic rings. The Morgan fingerprint density at radius 3 is 1.72 bits per heavy atom. The van der Waals surface area contributed by atoms with Gasteiger partial charge in [-0.3, -0.25) is 0 Å². The molecular weight excluding hydrogens is 302 g/mol. The number of likely N-dealkylation sites (tertiary alicyclic amines) is 1. The summed E-state index contributed by atoms with van der Waals surface area (Å²) in [5, 5.41) is 0. The summed E-state index contributed by atoms with van der Waals surface area (Å²) in [5.74, 6) is 0. The fraction of sp³-hybridized carbons (Fsp3) is 1.00. The molecule has 0 aromatic carbocycles. The largest absolute Gasteiger partial charge is 0.324 e. The molecule has 1 nitrogen and oxygen atoms in total. The molecule has 0 unspecified atom stereocenters. The van der Waals surface area contributed by atoms with Crippen LogP contribution in [-0.4, -0.2) is 30.7 Å². The van der Waals surface area contributed by atoms with Crippen LogP contribution in [0.4, 0.5) is 0 Å². The first kappa shape index (κ1) is 21.3. The predicted molar refractivity (Wildman–Crippen MR) is 112 cm³/mol. The quantitative estimate of drug-likeness (QED) is 0.225. The normalized spacial score (nSPS) is 21.8. The molecule has 0 spiro atoms. The zero-order valence-corrected chi connectivity index (χ0v) is 17.8. The van der Waals surface area contributed by atoms with E-state index in [-0.39, 0.29) is 0 Å². The van der Waals surface area contributed by atoms with Gasteiger partial charge in [0, 0.05) is 12.8 Å². The van der Waals surface area contributed by atoms with Crippen LogP contribution in [0.3, 0.4) is 0 Å². The molecule has 0 N–H and O–H groups in total. The number of hydrogen-bond acceptors (Lipinski definition) is 0. The van der Waals surface area contributed by atoms with Crippen molar-refractivity contribution in [2.45, 2.75) is 123 Å². The molecular formula is C24H48N+. The highest BCUT2D eigenvalue weighted by atomic mass is 15.4. The molecule has 0 aromatic rings. The Kier molecular flexibility index (Phi) is 9.89. The van der Waals surface area contributed by atoms with E-state index in [1.807, 2.05) is 0 Å². The molecule has 1 heteroatoms. The van der Waals surface area contributed by atoms with Gasteiger partial charge in [0.1, 0.15) is 0 Å². The summed E-state index contributed by atoms with van der Waals surface area (Å²) in [6.07, 6.45) is 25.3. The Hall–Kier alpha value is -0.0400. The lowest BCUT2D eigenvalue weighted by molar-refractivity contribution is -0.917. The molecule has 0 radical (unpaired) electrons. The summed E-state index contributed by atoms with van der Waals surface area (Å²) in [4.78, 5) is 0. The highest BCUT2D eigenvalue weighted by Crippen LogP contribution is 2.46. The summed E-state index contributed by atoms with van der Waals surface area (Å²) in [6, 6.07) is 0. The molecule has 0 aromatic heterocycles. The Morgan fingerprint density at radius 1 is 0.600 bits per heavy atom. The van der Waals surface area contributed by atoms with E-state index >= 15 is 0 Å². The lowest BCUT2D eigenvalue weighted by Gasteiger charge is -2.35. The van der Waals surface area contributed by atoms with Gasteiger partial charge in [-0.15, -0.1) is 0 Å². The van der Waals surface area contributed by atoms with E-state index < -0.39 is 0 Å². The minimum Gasteiger partial charge on any atom is -0.324 e. The van der Waals surface area contributed by atoms with Crippen LogP contribution in [0.1, 0.15) is 123 Å². The molecule has 0 amide bonds. The van der Waals surface area contributed by atoms with Crippen LogP contribution in [0.15, 0.2) is 0 Å². The molecule has 148 valence electrons. The summed E-state index contributed by atoms with van der Waals surface area (Å²) in [7, 11) is 0. The van der Waals surface area contributed by atoms with Crippen molar-refractivity contribution >= 4 is 0 Å². The van der Waals surface area contributed by atoms with Crippen molar-refractivity contribution in [3.63, 3.8) is 0 Å². The van der Waals surface area contributed by atoms with E-state index in [9.17, 15) is 0 Å². The number of nitrogens with zero attached hydrogens (tertiary/aromatic N) is 1. The van der Waals surface area contributed by atoms with E-state index in [0.29, 0.717) is 0 Å². The molecule has 0 bridgehead atoms. The zero-order valence-electron chi connectivity index (χ0n) is 17.8. The third-order valence-electron chi connectivity index (χ3n) is 7.57. The lowest BCUT2D eigenvalue weighted by atomic mass is 9.76. The lowest BCUT2D eigenvalue weighted by Crippen LogP contribution is -2.46. The minimum atomic E-state index is 0.774. The van der Waals surface area contributed by atoms with Gasteiger partial charge < -0.3 is 4.48 Å². The summed E-state index contributed by atoms with van der Waals surface area (Å²) < 4.78 is 1.49. The maximum absolute atomic E-state index is 2.35. The van der Waals surface area contributed by atoms with Gasteiger partial charge in [-0.1, -0.05) is 58.8 Å². The second kappa shape index (κ2) is 11.6. The second-order valence-corrected chi connectivity index (χ2v) is 9.63. The summed E-state index contributed by atoms with van der Waals surface area (Å²) in [6.45, 7) is 10.6. The number of rotatable bonds is 14. The zero-order chi connectivity index (χ0) is 17.8. The molecule has 1 aliphatic carbocycles. The van der Waals surface area contributed by atoms with Gasteiger partial charge in [0.05, 0.1) is 26.2 Å². The fourth-order valence-corrected chi connectivity index (χ4v) is 5.89. The van der Waals surface area contributed by atoms with Crippen molar-refractivity contribution in [1.82, 2.24) is 0 Å². The van der Waals surface area contributed by atoms with Gasteiger partial charge in [0.15, 0.2) is 0 Å². The summed E-state index contributed by atoms with van der Waals surface area (Å²) in [5.41, 5.74) is 0.774. The van der Waals surface area contributed by atoms with Crippen molar-refractivity contribution in [3.8, 4) is 0 Å². The number of unbranched alkanes of at least 4 members (excludes halogenated alkanes) is 6. The van der Waals surface area contributed by atoms with Crippen LogP contribution in [0.25, 0.3) is 0 Å². The third kappa shape index (κ3) is 7.24. The Labute approximate surface area is 159 Å². The van der Waals surface area contributed by atoms with Gasteiger partial charge in [-0.2, -0.15) is 0 Å². The molecule has 1 aliphatic heterocycles. The highest BCUT2D eigenvalue weighted by Gasteiger charge is 2.33. The van der Waals surface area contributed by atoms with Gasteiger partial charge >= 0.3 is 0 Å². The number of hydrogen-bond donors (Lipinski definition) is 0. The molecule has 1 saturated carbocycles. The smallest absolute Gasteiger partial charge is 0.0788 e. The highest BCUT2D eigenvalue weighted by molar-refractivity contribution is 4.84. The van der Waals surface area contributed by atoms with Crippen molar-refractivity contribution in [2.75, 3.05) is 26.2 Å². The SMILES string of the molecule is CCCCCC1(CCCCC[N+]2(CCCCC)CCCC2)CCCC1. The van der Waals surface area contributed by atoms with Crippen LogP contribution in [0, 0.1) is 5.41 Å². The fourth-order valence-electron chi connectivity index (χ4n) is 5.89. The first-order valence-electron chi connectivity index (χ1n) is 12.1. The molecule has 1 saturated heterocycles. The van der Waals surface area contributed by atoms with Gasteiger partial charge in [-0.05, 0) is 56.8 Å². The minimum absolute atomic E-state index is 0.774. The topological polar surface area (TPSA) is 0 Å². The number of quaternary nitrogens is 1. The maximum Gasteiger partial charge on any atom is 0.0788 e. The van der Waals surface area contributed by atoms with Crippen molar-refractivity contribution < 1.29 is 4.48 Å². The molecule has 2 fully saturated rings. The van der Waals surface area contributed by atoms with E-state index in [4.69, 9.17) is 0 Å². The average molecular weight is 351 g/mol. The van der Waals surface area contributed by atoms with Crippen LogP contribution < -0.4 is 0 Å². The van der Waals surface area contributed by atoms with Crippen LogP contribution >= 0.6 is 0 Å². The maximum atomic E-state index is 2.35.